The highest BCUT2D eigenvalue weighted by Crippen LogP contribution is 2.16. The summed E-state index contributed by atoms with van der Waals surface area (Å²) in [5, 5.41) is 0. The topological polar surface area (TPSA) is 76.7 Å². The van der Waals surface area contributed by atoms with E-state index < -0.39 is 0 Å². The van der Waals surface area contributed by atoms with Crippen molar-refractivity contribution >= 4 is 5.82 Å². The number of hydrazine groups is 1. The van der Waals surface area contributed by atoms with Crippen LogP contribution < -0.4 is 11.3 Å². The predicted octanol–water partition coefficient (Wildman–Crippen LogP) is 1.13. The predicted molar refractivity (Wildman–Crippen MR) is 57.8 cm³/mol. The second-order valence-electron chi connectivity index (χ2n) is 3.04. The number of aryl methyl sites for hydroxylation is 1. The van der Waals surface area contributed by atoms with Gasteiger partial charge in [0.25, 0.3) is 0 Å². The molecular weight excluding hydrogens is 190 g/mol. The van der Waals surface area contributed by atoms with E-state index in [1.54, 1.807) is 12.3 Å². The van der Waals surface area contributed by atoms with E-state index in [1.165, 1.54) is 0 Å². The second-order valence-corrected chi connectivity index (χ2v) is 3.04. The maximum atomic E-state index is 5.30. The number of nitrogens with two attached hydrogens (primary N) is 1. The summed E-state index contributed by atoms with van der Waals surface area (Å²) in [4.78, 5) is 12.6. The van der Waals surface area contributed by atoms with Gasteiger partial charge < -0.3 is 5.43 Å². The molecule has 5 heteroatoms. The van der Waals surface area contributed by atoms with Gasteiger partial charge in [-0.25, -0.2) is 15.8 Å². The SMILES string of the molecule is Cc1nc(NN)cc(-c2ccccn2)n1. The molecule has 15 heavy (non-hydrogen) atoms. The van der Waals surface area contributed by atoms with Crippen molar-refractivity contribution in [3.05, 3.63) is 36.3 Å². The van der Waals surface area contributed by atoms with Crippen LogP contribution in [0.2, 0.25) is 0 Å². The molecule has 0 amide bonds. The van der Waals surface area contributed by atoms with Crippen LogP contribution in [0, 0.1) is 6.92 Å². The molecular formula is C10H11N5. The van der Waals surface area contributed by atoms with Crippen molar-refractivity contribution in [1.29, 1.82) is 0 Å². The van der Waals surface area contributed by atoms with Crippen LogP contribution in [0.3, 0.4) is 0 Å². The molecule has 0 aromatic carbocycles. The number of pyridine rings is 1. The number of nitrogens with zero attached hydrogens (tertiary/aromatic N) is 3. The Balaban J connectivity index is 2.49. The third-order valence-corrected chi connectivity index (χ3v) is 1.91. The lowest BCUT2D eigenvalue weighted by atomic mass is 10.2. The van der Waals surface area contributed by atoms with Crippen LogP contribution in [-0.4, -0.2) is 15.0 Å². The summed E-state index contributed by atoms with van der Waals surface area (Å²) in [6.45, 7) is 1.81. The Labute approximate surface area is 87.4 Å². The standard InChI is InChI=1S/C10H11N5/c1-7-13-9(6-10(14-7)15-11)8-4-2-3-5-12-8/h2-6H,11H2,1H3,(H,13,14,15). The number of anilines is 1. The minimum atomic E-state index is 0.586. The fraction of sp³-hybridized carbons (Fsp3) is 0.100. The smallest absolute Gasteiger partial charge is 0.144 e. The van der Waals surface area contributed by atoms with Gasteiger partial charge in [-0.3, -0.25) is 4.98 Å². The molecule has 0 aliphatic heterocycles. The van der Waals surface area contributed by atoms with Crippen LogP contribution in [0.4, 0.5) is 5.82 Å². The summed E-state index contributed by atoms with van der Waals surface area (Å²) in [6, 6.07) is 7.42. The van der Waals surface area contributed by atoms with Gasteiger partial charge in [-0.15, -0.1) is 0 Å². The highest BCUT2D eigenvalue weighted by atomic mass is 15.3. The van der Waals surface area contributed by atoms with Gasteiger partial charge in [0.05, 0.1) is 11.4 Å². The molecule has 2 aromatic rings. The first kappa shape index (κ1) is 9.54. The molecule has 76 valence electrons. The van der Waals surface area contributed by atoms with E-state index in [2.05, 4.69) is 20.4 Å². The molecule has 2 heterocycles. The maximum Gasteiger partial charge on any atom is 0.144 e. The first-order chi connectivity index (χ1) is 7.29. The van der Waals surface area contributed by atoms with E-state index >= 15 is 0 Å². The maximum absolute atomic E-state index is 5.30. The Morgan fingerprint density at radius 3 is 2.73 bits per heavy atom. The van der Waals surface area contributed by atoms with Crippen LogP contribution in [-0.2, 0) is 0 Å². The molecule has 0 aliphatic carbocycles. The van der Waals surface area contributed by atoms with E-state index in [1.807, 2.05) is 25.1 Å². The lowest BCUT2D eigenvalue weighted by Gasteiger charge is -2.04. The highest BCUT2D eigenvalue weighted by Gasteiger charge is 2.03. The first-order valence-corrected chi connectivity index (χ1v) is 4.53. The minimum absolute atomic E-state index is 0.586. The van der Waals surface area contributed by atoms with Gasteiger partial charge in [0.15, 0.2) is 0 Å². The Kier molecular flexibility index (Phi) is 2.55. The van der Waals surface area contributed by atoms with E-state index in [-0.39, 0.29) is 0 Å². The van der Waals surface area contributed by atoms with Crippen LogP contribution in [0.25, 0.3) is 11.4 Å². The molecule has 0 fully saturated rings. The fourth-order valence-corrected chi connectivity index (χ4v) is 1.29. The minimum Gasteiger partial charge on any atom is -0.308 e. The van der Waals surface area contributed by atoms with Gasteiger partial charge >= 0.3 is 0 Å². The molecule has 0 saturated heterocycles. The van der Waals surface area contributed by atoms with Crippen molar-refractivity contribution in [2.75, 3.05) is 5.43 Å². The Hall–Kier alpha value is -2.01. The molecule has 5 nitrogen and oxygen atoms in total. The number of nitrogen functional groups attached to an aromatic ring is 1. The molecule has 0 bridgehead atoms. The zero-order valence-electron chi connectivity index (χ0n) is 8.31. The molecule has 0 atom stereocenters. The number of aromatic nitrogens is 3. The van der Waals surface area contributed by atoms with Crippen LogP contribution >= 0.6 is 0 Å². The molecule has 0 aliphatic rings. The van der Waals surface area contributed by atoms with Crippen molar-refractivity contribution < 1.29 is 0 Å². The van der Waals surface area contributed by atoms with Gasteiger partial charge in [-0.2, -0.15) is 0 Å². The zero-order valence-corrected chi connectivity index (χ0v) is 8.31. The summed E-state index contributed by atoms with van der Waals surface area (Å²) in [6.07, 6.45) is 1.72. The van der Waals surface area contributed by atoms with Crippen LogP contribution in [0.5, 0.6) is 0 Å². The average Bonchev–Trinajstić information content (AvgIpc) is 2.29. The molecule has 3 N–H and O–H groups in total. The number of hydrogen-bond acceptors (Lipinski definition) is 5. The van der Waals surface area contributed by atoms with Crippen molar-refractivity contribution in [2.24, 2.45) is 5.84 Å². The van der Waals surface area contributed by atoms with Gasteiger partial charge in [-0.1, -0.05) is 6.07 Å². The third kappa shape index (κ3) is 2.08. The normalized spacial score (nSPS) is 10.0. The van der Waals surface area contributed by atoms with Crippen molar-refractivity contribution in [2.45, 2.75) is 6.92 Å². The van der Waals surface area contributed by atoms with Gasteiger partial charge in [-0.05, 0) is 19.1 Å². The van der Waals surface area contributed by atoms with Crippen LogP contribution in [0.1, 0.15) is 5.82 Å². The number of rotatable bonds is 2. The lowest BCUT2D eigenvalue weighted by molar-refractivity contribution is 1.04. The average molecular weight is 201 g/mol. The molecule has 0 saturated carbocycles. The highest BCUT2D eigenvalue weighted by molar-refractivity contribution is 5.57. The second kappa shape index (κ2) is 4.02. The van der Waals surface area contributed by atoms with E-state index in [9.17, 15) is 0 Å². The van der Waals surface area contributed by atoms with Gasteiger partial charge in [0.1, 0.15) is 11.6 Å². The Bertz CT molecular complexity index is 455. The van der Waals surface area contributed by atoms with E-state index in [4.69, 9.17) is 5.84 Å². The van der Waals surface area contributed by atoms with Crippen LogP contribution in [0.15, 0.2) is 30.5 Å². The summed E-state index contributed by atoms with van der Waals surface area (Å²) < 4.78 is 0. The largest absolute Gasteiger partial charge is 0.308 e. The lowest BCUT2D eigenvalue weighted by Crippen LogP contribution is -2.10. The molecule has 0 radical (unpaired) electrons. The van der Waals surface area contributed by atoms with Crippen molar-refractivity contribution in [3.63, 3.8) is 0 Å². The number of hydrogen-bond donors (Lipinski definition) is 2. The Morgan fingerprint density at radius 1 is 1.20 bits per heavy atom. The molecule has 2 aromatic heterocycles. The van der Waals surface area contributed by atoms with E-state index in [0.717, 1.165) is 11.4 Å². The molecule has 0 spiro atoms. The summed E-state index contributed by atoms with van der Waals surface area (Å²) in [5.74, 6) is 6.55. The fourth-order valence-electron chi connectivity index (χ4n) is 1.29. The van der Waals surface area contributed by atoms with Crippen molar-refractivity contribution in [3.8, 4) is 11.4 Å². The summed E-state index contributed by atoms with van der Waals surface area (Å²) in [7, 11) is 0. The first-order valence-electron chi connectivity index (χ1n) is 4.53. The molecule has 2 rings (SSSR count). The quantitative estimate of drug-likeness (QED) is 0.562. The summed E-state index contributed by atoms with van der Waals surface area (Å²) in [5.41, 5.74) is 4.06. The third-order valence-electron chi connectivity index (χ3n) is 1.91. The number of nitrogens with one attached hydrogen (secondary N) is 1. The van der Waals surface area contributed by atoms with Gasteiger partial charge in [0.2, 0.25) is 0 Å². The summed E-state index contributed by atoms with van der Waals surface area (Å²) >= 11 is 0. The molecule has 0 unspecified atom stereocenters. The van der Waals surface area contributed by atoms with Gasteiger partial charge in [0, 0.05) is 12.3 Å². The Morgan fingerprint density at radius 2 is 2.07 bits per heavy atom. The monoisotopic (exact) mass is 201 g/mol. The zero-order chi connectivity index (χ0) is 10.7. The van der Waals surface area contributed by atoms with E-state index in [0.29, 0.717) is 11.6 Å². The van der Waals surface area contributed by atoms with Crippen molar-refractivity contribution in [1.82, 2.24) is 15.0 Å².